The molecule has 202 valence electrons. The molecule has 2 saturated heterocycles. The van der Waals surface area contributed by atoms with Gasteiger partial charge in [-0.05, 0) is 49.1 Å². The summed E-state index contributed by atoms with van der Waals surface area (Å²) in [5.41, 5.74) is 1.05. The van der Waals surface area contributed by atoms with Crippen molar-refractivity contribution in [1.29, 1.82) is 0 Å². The van der Waals surface area contributed by atoms with Crippen molar-refractivity contribution < 1.29 is 23.9 Å². The number of nitrogens with one attached hydrogen (secondary N) is 2. The van der Waals surface area contributed by atoms with Gasteiger partial charge in [-0.2, -0.15) is 0 Å². The first kappa shape index (κ1) is 25.7. The third-order valence-electron chi connectivity index (χ3n) is 7.53. The van der Waals surface area contributed by atoms with Crippen molar-refractivity contribution in [2.24, 2.45) is 0 Å². The lowest BCUT2D eigenvalue weighted by Gasteiger charge is -2.43. The maximum atomic E-state index is 13.8. The quantitative estimate of drug-likeness (QED) is 0.518. The number of likely N-dealkylation sites (tertiary alicyclic amines) is 1. The molecule has 3 heterocycles. The summed E-state index contributed by atoms with van der Waals surface area (Å²) in [6, 6.07) is 15.3. The molecule has 10 nitrogen and oxygen atoms in total. The van der Waals surface area contributed by atoms with E-state index in [0.717, 1.165) is 24.1 Å². The Bertz CT molecular complexity index is 1170. The van der Waals surface area contributed by atoms with Crippen LogP contribution in [0.25, 0.3) is 0 Å². The number of ether oxygens (including phenoxy) is 2. The lowest BCUT2D eigenvalue weighted by atomic mass is 9.85. The number of carbonyl (C=O) groups is 3. The highest BCUT2D eigenvalue weighted by molar-refractivity contribution is 5.96. The summed E-state index contributed by atoms with van der Waals surface area (Å²) in [5, 5.41) is 5.89. The predicted octanol–water partition coefficient (Wildman–Crippen LogP) is 2.68. The topological polar surface area (TPSA) is 103 Å². The summed E-state index contributed by atoms with van der Waals surface area (Å²) in [6.45, 7) is 4.52. The molecule has 0 aromatic heterocycles. The van der Waals surface area contributed by atoms with E-state index in [4.69, 9.17) is 9.47 Å². The monoisotopic (exact) mass is 521 g/mol. The van der Waals surface area contributed by atoms with E-state index in [1.807, 2.05) is 48.5 Å². The van der Waals surface area contributed by atoms with E-state index in [9.17, 15) is 14.4 Å². The van der Waals surface area contributed by atoms with Crippen LogP contribution in [0.1, 0.15) is 38.2 Å². The van der Waals surface area contributed by atoms with Gasteiger partial charge in [0, 0.05) is 31.9 Å². The number of amides is 4. The number of piperidine rings is 1. The van der Waals surface area contributed by atoms with Crippen LogP contribution in [0.2, 0.25) is 0 Å². The van der Waals surface area contributed by atoms with Crippen molar-refractivity contribution in [3.05, 3.63) is 54.1 Å². The van der Waals surface area contributed by atoms with Crippen LogP contribution in [0.4, 0.5) is 10.5 Å². The lowest BCUT2D eigenvalue weighted by Crippen LogP contribution is -2.58. The number of hydrogen-bond donors (Lipinski definition) is 2. The number of unbranched alkanes of at least 4 members (excludes halogenated alkanes) is 1. The van der Waals surface area contributed by atoms with Crippen LogP contribution < -0.4 is 25.0 Å². The van der Waals surface area contributed by atoms with E-state index in [1.54, 1.807) is 9.80 Å². The first-order valence-corrected chi connectivity index (χ1v) is 13.3. The Balaban J connectivity index is 1.24. The van der Waals surface area contributed by atoms with E-state index >= 15 is 0 Å². The minimum absolute atomic E-state index is 0.0321. The number of rotatable bonds is 8. The first-order chi connectivity index (χ1) is 18.5. The third-order valence-corrected chi connectivity index (χ3v) is 7.53. The number of fused-ring (bicyclic) bond motifs is 1. The second-order valence-corrected chi connectivity index (χ2v) is 9.98. The smallest absolute Gasteiger partial charge is 0.317 e. The molecule has 3 aliphatic rings. The van der Waals surface area contributed by atoms with Crippen LogP contribution in [0.5, 0.6) is 11.5 Å². The highest BCUT2D eigenvalue weighted by atomic mass is 16.7. The van der Waals surface area contributed by atoms with E-state index in [0.29, 0.717) is 57.2 Å². The minimum atomic E-state index is -0.779. The highest BCUT2D eigenvalue weighted by Crippen LogP contribution is 2.39. The first-order valence-electron chi connectivity index (χ1n) is 13.3. The van der Waals surface area contributed by atoms with Gasteiger partial charge in [-0.3, -0.25) is 9.59 Å². The molecular formula is C28H35N5O5. The van der Waals surface area contributed by atoms with Gasteiger partial charge in [0.2, 0.25) is 12.7 Å². The average Bonchev–Trinajstić information content (AvgIpc) is 3.51. The van der Waals surface area contributed by atoms with Crippen LogP contribution in [-0.4, -0.2) is 72.8 Å². The standard InChI is InChI=1S/C28H35N5O5/c1-2-3-13-29-27(36)31-14-11-28(12-15-31)26(35)32(19-33(28)22-7-5-4-6-8-22)18-25(34)30-17-21-9-10-23-24(16-21)38-20-37-23/h4-10,16H,2-3,11-15,17-20H2,1H3,(H,29,36)(H,30,34). The molecule has 2 N–H and O–H groups in total. The highest BCUT2D eigenvalue weighted by Gasteiger charge is 2.54. The number of carbonyl (C=O) groups excluding carboxylic acids is 3. The van der Waals surface area contributed by atoms with Gasteiger partial charge in [-0.15, -0.1) is 0 Å². The van der Waals surface area contributed by atoms with Gasteiger partial charge >= 0.3 is 6.03 Å². The van der Waals surface area contributed by atoms with Gasteiger partial charge in [0.05, 0.1) is 6.67 Å². The molecule has 0 unspecified atom stereocenters. The molecule has 2 aromatic carbocycles. The molecular weight excluding hydrogens is 486 g/mol. The van der Waals surface area contributed by atoms with E-state index in [2.05, 4.69) is 22.5 Å². The van der Waals surface area contributed by atoms with Crippen LogP contribution in [0.15, 0.2) is 48.5 Å². The fourth-order valence-electron chi connectivity index (χ4n) is 5.37. The maximum absolute atomic E-state index is 13.8. The van der Waals surface area contributed by atoms with Crippen LogP contribution in [-0.2, 0) is 16.1 Å². The van der Waals surface area contributed by atoms with E-state index in [-0.39, 0.29) is 31.2 Å². The summed E-state index contributed by atoms with van der Waals surface area (Å²) in [5.74, 6) is 1.07. The molecule has 0 atom stereocenters. The predicted molar refractivity (Wildman–Crippen MR) is 142 cm³/mol. The van der Waals surface area contributed by atoms with Crippen molar-refractivity contribution in [2.75, 3.05) is 44.5 Å². The third kappa shape index (κ3) is 5.20. The molecule has 5 rings (SSSR count). The van der Waals surface area contributed by atoms with Gasteiger partial charge < -0.3 is 34.8 Å². The van der Waals surface area contributed by atoms with E-state index < -0.39 is 5.54 Å². The number of anilines is 1. The van der Waals surface area contributed by atoms with Crippen LogP contribution in [0, 0.1) is 0 Å². The van der Waals surface area contributed by atoms with Gasteiger partial charge in [0.1, 0.15) is 12.1 Å². The fourth-order valence-corrected chi connectivity index (χ4v) is 5.37. The molecule has 0 aliphatic carbocycles. The zero-order chi connectivity index (χ0) is 26.5. The average molecular weight is 522 g/mol. The fraction of sp³-hybridized carbons (Fsp3) is 0.464. The summed E-state index contributed by atoms with van der Waals surface area (Å²) in [7, 11) is 0. The zero-order valence-electron chi connectivity index (χ0n) is 21.8. The lowest BCUT2D eigenvalue weighted by molar-refractivity contribution is -0.137. The molecule has 38 heavy (non-hydrogen) atoms. The van der Waals surface area contributed by atoms with Gasteiger partial charge in [-0.1, -0.05) is 37.6 Å². The summed E-state index contributed by atoms with van der Waals surface area (Å²) in [6.07, 6.45) is 2.98. The second kappa shape index (κ2) is 11.2. The number of hydrogen-bond acceptors (Lipinski definition) is 6. The van der Waals surface area contributed by atoms with Crippen molar-refractivity contribution in [1.82, 2.24) is 20.4 Å². The molecule has 4 amide bonds. The normalized spacial score (nSPS) is 17.7. The maximum Gasteiger partial charge on any atom is 0.317 e. The van der Waals surface area contributed by atoms with Crippen molar-refractivity contribution in [3.63, 3.8) is 0 Å². The zero-order valence-corrected chi connectivity index (χ0v) is 21.8. The molecule has 1 spiro atoms. The van der Waals surface area contributed by atoms with Crippen LogP contribution >= 0.6 is 0 Å². The van der Waals surface area contributed by atoms with Crippen molar-refractivity contribution >= 4 is 23.5 Å². The minimum Gasteiger partial charge on any atom is -0.454 e. The molecule has 3 aliphatic heterocycles. The molecule has 0 radical (unpaired) electrons. The van der Waals surface area contributed by atoms with Crippen molar-refractivity contribution in [2.45, 2.75) is 44.7 Å². The largest absolute Gasteiger partial charge is 0.454 e. The Morgan fingerprint density at radius 3 is 2.53 bits per heavy atom. The molecule has 0 saturated carbocycles. The molecule has 2 aromatic rings. The van der Waals surface area contributed by atoms with E-state index in [1.165, 1.54) is 0 Å². The second-order valence-electron chi connectivity index (χ2n) is 9.98. The van der Waals surface area contributed by atoms with Gasteiger partial charge in [0.15, 0.2) is 11.5 Å². The Morgan fingerprint density at radius 1 is 1.00 bits per heavy atom. The summed E-state index contributed by atoms with van der Waals surface area (Å²) in [4.78, 5) is 44.9. The molecule has 0 bridgehead atoms. The molecule has 10 heteroatoms. The number of nitrogens with zero attached hydrogens (tertiary/aromatic N) is 3. The summed E-state index contributed by atoms with van der Waals surface area (Å²) < 4.78 is 10.7. The van der Waals surface area contributed by atoms with Crippen LogP contribution in [0.3, 0.4) is 0 Å². The Kier molecular flexibility index (Phi) is 7.57. The SMILES string of the molecule is CCCCNC(=O)N1CCC2(CC1)C(=O)N(CC(=O)NCc1ccc3c(c1)OCO3)CN2c1ccccc1. The van der Waals surface area contributed by atoms with Crippen molar-refractivity contribution in [3.8, 4) is 11.5 Å². The number of urea groups is 1. The number of para-hydroxylation sites is 1. The van der Waals surface area contributed by atoms with Gasteiger partial charge in [0.25, 0.3) is 5.91 Å². The Labute approximate surface area is 222 Å². The molecule has 2 fully saturated rings. The van der Waals surface area contributed by atoms with Gasteiger partial charge in [-0.25, -0.2) is 4.79 Å². The Hall–Kier alpha value is -3.95. The number of benzene rings is 2. The summed E-state index contributed by atoms with van der Waals surface area (Å²) >= 11 is 0. The Morgan fingerprint density at radius 2 is 1.76 bits per heavy atom.